The van der Waals surface area contributed by atoms with Crippen LogP contribution in [0.1, 0.15) is 5.69 Å². The van der Waals surface area contributed by atoms with Gasteiger partial charge in [0.15, 0.2) is 5.58 Å². The van der Waals surface area contributed by atoms with Gasteiger partial charge < -0.3 is 14.3 Å². The van der Waals surface area contributed by atoms with E-state index in [9.17, 15) is 4.79 Å². The fourth-order valence-electron chi connectivity index (χ4n) is 2.45. The van der Waals surface area contributed by atoms with E-state index < -0.39 is 0 Å². The molecule has 0 radical (unpaired) electrons. The number of hydrogen-bond donors (Lipinski definition) is 1. The lowest BCUT2D eigenvalue weighted by atomic mass is 10.1. The van der Waals surface area contributed by atoms with Crippen LogP contribution in [-0.2, 0) is 11.2 Å². The van der Waals surface area contributed by atoms with Crippen LogP contribution >= 0.6 is 0 Å². The third-order valence-corrected chi connectivity index (χ3v) is 3.53. The van der Waals surface area contributed by atoms with Gasteiger partial charge in [-0.05, 0) is 30.3 Å². The highest BCUT2D eigenvalue weighted by atomic mass is 16.5. The van der Waals surface area contributed by atoms with E-state index in [0.717, 1.165) is 10.9 Å². The molecule has 0 bridgehead atoms. The summed E-state index contributed by atoms with van der Waals surface area (Å²) < 4.78 is 10.4. The van der Waals surface area contributed by atoms with Crippen LogP contribution in [0.2, 0.25) is 0 Å². The van der Waals surface area contributed by atoms with E-state index in [0.29, 0.717) is 22.9 Å². The van der Waals surface area contributed by atoms with Crippen molar-refractivity contribution in [2.45, 2.75) is 6.42 Å². The average Bonchev–Trinajstić information content (AvgIpc) is 3.26. The van der Waals surface area contributed by atoms with E-state index in [-0.39, 0.29) is 12.3 Å². The van der Waals surface area contributed by atoms with Crippen molar-refractivity contribution in [3.05, 3.63) is 60.6 Å². The second-order valence-corrected chi connectivity index (χ2v) is 5.18. The normalized spacial score (nSPS) is 10.8. The highest BCUT2D eigenvalue weighted by Gasteiger charge is 2.13. The zero-order chi connectivity index (χ0) is 16.4. The maximum atomic E-state index is 12.3. The van der Waals surface area contributed by atoms with E-state index in [1.54, 1.807) is 18.2 Å². The van der Waals surface area contributed by atoms with Crippen molar-refractivity contribution in [2.24, 2.45) is 0 Å². The SMILES string of the molecule is O=C(Cc1noc2ccccc12)Nc1cccc(-c2nnco2)c1. The molecule has 0 aliphatic heterocycles. The standard InChI is InChI=1S/C17H12N4O3/c22-16(9-14-13-6-1-2-7-15(13)24-21-14)19-12-5-3-4-11(8-12)17-20-18-10-23-17/h1-8,10H,9H2,(H,19,22). The third-order valence-electron chi connectivity index (χ3n) is 3.53. The van der Waals surface area contributed by atoms with Gasteiger partial charge in [-0.25, -0.2) is 0 Å². The van der Waals surface area contributed by atoms with Crippen LogP contribution in [0.4, 0.5) is 5.69 Å². The Balaban J connectivity index is 1.51. The number of amides is 1. The molecule has 4 rings (SSSR count). The summed E-state index contributed by atoms with van der Waals surface area (Å²) in [4.78, 5) is 12.3. The Morgan fingerprint density at radius 2 is 2.04 bits per heavy atom. The van der Waals surface area contributed by atoms with Gasteiger partial charge in [-0.2, -0.15) is 0 Å². The number of anilines is 1. The number of para-hydroxylation sites is 1. The van der Waals surface area contributed by atoms with Gasteiger partial charge in [-0.15, -0.1) is 10.2 Å². The first-order valence-corrected chi connectivity index (χ1v) is 7.29. The van der Waals surface area contributed by atoms with Crippen LogP contribution < -0.4 is 5.32 Å². The molecule has 0 aliphatic carbocycles. The molecule has 0 spiro atoms. The Hall–Kier alpha value is -3.48. The van der Waals surface area contributed by atoms with Crippen LogP contribution in [-0.4, -0.2) is 21.3 Å². The minimum Gasteiger partial charge on any atom is -0.423 e. The number of aromatic nitrogens is 3. The molecule has 0 aliphatic rings. The number of nitrogens with zero attached hydrogens (tertiary/aromatic N) is 3. The van der Waals surface area contributed by atoms with Gasteiger partial charge in [-0.1, -0.05) is 23.4 Å². The number of carbonyl (C=O) groups is 1. The molecular weight excluding hydrogens is 308 g/mol. The summed E-state index contributed by atoms with van der Waals surface area (Å²) in [5, 5.41) is 15.1. The van der Waals surface area contributed by atoms with Crippen LogP contribution in [0.5, 0.6) is 0 Å². The highest BCUT2D eigenvalue weighted by molar-refractivity contribution is 5.95. The van der Waals surface area contributed by atoms with E-state index in [4.69, 9.17) is 8.94 Å². The zero-order valence-corrected chi connectivity index (χ0v) is 12.5. The van der Waals surface area contributed by atoms with Crippen molar-refractivity contribution in [1.29, 1.82) is 0 Å². The summed E-state index contributed by atoms with van der Waals surface area (Å²) in [6.07, 6.45) is 1.39. The molecule has 1 N–H and O–H groups in total. The van der Waals surface area contributed by atoms with Crippen molar-refractivity contribution in [3.8, 4) is 11.5 Å². The molecule has 0 fully saturated rings. The summed E-state index contributed by atoms with van der Waals surface area (Å²) in [5.41, 5.74) is 2.65. The summed E-state index contributed by atoms with van der Waals surface area (Å²) in [6, 6.07) is 14.6. The van der Waals surface area contributed by atoms with Crippen LogP contribution in [0.25, 0.3) is 22.4 Å². The van der Waals surface area contributed by atoms with Crippen molar-refractivity contribution in [2.75, 3.05) is 5.32 Å². The first-order chi connectivity index (χ1) is 11.8. The van der Waals surface area contributed by atoms with Gasteiger partial charge in [0.2, 0.25) is 18.2 Å². The fourth-order valence-corrected chi connectivity index (χ4v) is 2.45. The number of nitrogens with one attached hydrogen (secondary N) is 1. The predicted molar refractivity (Wildman–Crippen MR) is 86.1 cm³/mol. The van der Waals surface area contributed by atoms with Gasteiger partial charge in [0.05, 0.1) is 6.42 Å². The molecule has 1 amide bonds. The van der Waals surface area contributed by atoms with Crippen LogP contribution in [0.15, 0.2) is 63.9 Å². The molecule has 2 aromatic carbocycles. The lowest BCUT2D eigenvalue weighted by Crippen LogP contribution is -2.14. The molecule has 2 heterocycles. The Morgan fingerprint density at radius 3 is 2.92 bits per heavy atom. The Morgan fingerprint density at radius 1 is 1.12 bits per heavy atom. The number of carbonyl (C=O) groups excluding carboxylic acids is 1. The van der Waals surface area contributed by atoms with E-state index in [2.05, 4.69) is 20.7 Å². The minimum absolute atomic E-state index is 0.127. The number of hydrogen-bond acceptors (Lipinski definition) is 6. The lowest BCUT2D eigenvalue weighted by Gasteiger charge is -2.05. The van der Waals surface area contributed by atoms with Gasteiger partial charge >= 0.3 is 0 Å². The van der Waals surface area contributed by atoms with Gasteiger partial charge in [0, 0.05) is 16.6 Å². The topological polar surface area (TPSA) is 94.1 Å². The van der Waals surface area contributed by atoms with Gasteiger partial charge in [0.1, 0.15) is 5.69 Å². The van der Waals surface area contributed by atoms with Crippen molar-refractivity contribution < 1.29 is 13.7 Å². The molecule has 0 unspecified atom stereocenters. The maximum absolute atomic E-state index is 12.3. The Kier molecular flexibility index (Phi) is 3.51. The molecular formula is C17H12N4O3. The molecule has 24 heavy (non-hydrogen) atoms. The molecule has 7 nitrogen and oxygen atoms in total. The van der Waals surface area contributed by atoms with E-state index in [1.807, 2.05) is 30.3 Å². The van der Waals surface area contributed by atoms with Crippen LogP contribution in [0, 0.1) is 0 Å². The zero-order valence-electron chi connectivity index (χ0n) is 12.5. The molecule has 0 saturated carbocycles. The summed E-state index contributed by atoms with van der Waals surface area (Å²) in [7, 11) is 0. The molecule has 0 atom stereocenters. The quantitative estimate of drug-likeness (QED) is 0.621. The summed E-state index contributed by atoms with van der Waals surface area (Å²) in [5.74, 6) is 0.213. The average molecular weight is 320 g/mol. The van der Waals surface area contributed by atoms with E-state index in [1.165, 1.54) is 6.39 Å². The molecule has 7 heteroatoms. The third kappa shape index (κ3) is 2.74. The van der Waals surface area contributed by atoms with Crippen molar-refractivity contribution in [3.63, 3.8) is 0 Å². The fraction of sp³-hybridized carbons (Fsp3) is 0.0588. The Bertz CT molecular complexity index is 992. The highest BCUT2D eigenvalue weighted by Crippen LogP contribution is 2.21. The molecule has 118 valence electrons. The molecule has 0 saturated heterocycles. The first-order valence-electron chi connectivity index (χ1n) is 7.29. The summed E-state index contributed by atoms with van der Waals surface area (Å²) in [6.45, 7) is 0. The second kappa shape index (κ2) is 5.96. The first kappa shape index (κ1) is 14.1. The van der Waals surface area contributed by atoms with Crippen molar-refractivity contribution in [1.82, 2.24) is 15.4 Å². The van der Waals surface area contributed by atoms with E-state index >= 15 is 0 Å². The number of rotatable bonds is 4. The largest absolute Gasteiger partial charge is 0.423 e. The van der Waals surface area contributed by atoms with Crippen LogP contribution in [0.3, 0.4) is 0 Å². The summed E-state index contributed by atoms with van der Waals surface area (Å²) >= 11 is 0. The monoisotopic (exact) mass is 320 g/mol. The number of benzene rings is 2. The van der Waals surface area contributed by atoms with Gasteiger partial charge in [0.25, 0.3) is 0 Å². The van der Waals surface area contributed by atoms with Gasteiger partial charge in [-0.3, -0.25) is 4.79 Å². The van der Waals surface area contributed by atoms with Crippen molar-refractivity contribution >= 4 is 22.6 Å². The maximum Gasteiger partial charge on any atom is 0.247 e. The lowest BCUT2D eigenvalue weighted by molar-refractivity contribution is -0.115. The number of fused-ring (bicyclic) bond motifs is 1. The molecule has 2 aromatic heterocycles. The predicted octanol–water partition coefficient (Wildman–Crippen LogP) is 3.06. The minimum atomic E-state index is -0.184. The smallest absolute Gasteiger partial charge is 0.247 e. The Labute approximate surface area is 136 Å². The molecule has 4 aromatic rings. The second-order valence-electron chi connectivity index (χ2n) is 5.18.